The SMILES string of the molecule is COCCN1CC(C(=O)NCCSc2nccn2C)CCC1=O. The highest BCUT2D eigenvalue weighted by molar-refractivity contribution is 7.99. The fourth-order valence-electron chi connectivity index (χ4n) is 2.50. The molecule has 1 fully saturated rings. The smallest absolute Gasteiger partial charge is 0.224 e. The summed E-state index contributed by atoms with van der Waals surface area (Å²) in [5.41, 5.74) is 0. The molecular formula is C15H24N4O3S. The number of imidazole rings is 1. The predicted molar refractivity (Wildman–Crippen MR) is 88.1 cm³/mol. The van der Waals surface area contributed by atoms with Crippen molar-refractivity contribution in [2.45, 2.75) is 18.0 Å². The van der Waals surface area contributed by atoms with Crippen LogP contribution in [-0.2, 0) is 21.4 Å². The molecule has 8 heteroatoms. The van der Waals surface area contributed by atoms with Gasteiger partial charge in [0.2, 0.25) is 11.8 Å². The molecule has 0 radical (unpaired) electrons. The minimum Gasteiger partial charge on any atom is -0.383 e. The molecular weight excluding hydrogens is 316 g/mol. The van der Waals surface area contributed by atoms with Crippen molar-refractivity contribution in [2.75, 3.05) is 39.1 Å². The van der Waals surface area contributed by atoms with Gasteiger partial charge in [0.05, 0.1) is 12.5 Å². The summed E-state index contributed by atoms with van der Waals surface area (Å²) in [4.78, 5) is 30.0. The number of methoxy groups -OCH3 is 1. The van der Waals surface area contributed by atoms with Gasteiger partial charge in [0.15, 0.2) is 5.16 Å². The Labute approximate surface area is 140 Å². The van der Waals surface area contributed by atoms with Crippen molar-refractivity contribution in [3.63, 3.8) is 0 Å². The lowest BCUT2D eigenvalue weighted by Crippen LogP contribution is -2.47. The highest BCUT2D eigenvalue weighted by atomic mass is 32.2. The zero-order valence-electron chi connectivity index (χ0n) is 13.7. The topological polar surface area (TPSA) is 76.5 Å². The molecule has 1 unspecified atom stereocenters. The van der Waals surface area contributed by atoms with E-state index in [9.17, 15) is 9.59 Å². The first kappa shape index (κ1) is 17.8. The number of carbonyl (C=O) groups excluding carboxylic acids is 2. The Kier molecular flexibility index (Phi) is 6.91. The van der Waals surface area contributed by atoms with Crippen molar-refractivity contribution in [1.29, 1.82) is 0 Å². The number of nitrogens with zero attached hydrogens (tertiary/aromatic N) is 3. The van der Waals surface area contributed by atoms with Gasteiger partial charge >= 0.3 is 0 Å². The van der Waals surface area contributed by atoms with Crippen LogP contribution in [0.3, 0.4) is 0 Å². The van der Waals surface area contributed by atoms with Crippen molar-refractivity contribution >= 4 is 23.6 Å². The summed E-state index contributed by atoms with van der Waals surface area (Å²) >= 11 is 1.61. The third-order valence-corrected chi connectivity index (χ3v) is 4.91. The van der Waals surface area contributed by atoms with Gasteiger partial charge in [-0.15, -0.1) is 0 Å². The second kappa shape index (κ2) is 8.93. The highest BCUT2D eigenvalue weighted by Crippen LogP contribution is 2.18. The van der Waals surface area contributed by atoms with Crippen LogP contribution in [0.2, 0.25) is 0 Å². The molecule has 0 bridgehead atoms. The Bertz CT molecular complexity index is 535. The summed E-state index contributed by atoms with van der Waals surface area (Å²) in [5, 5.41) is 3.90. The average Bonchev–Trinajstić information content (AvgIpc) is 2.95. The minimum atomic E-state index is -0.122. The molecule has 1 atom stereocenters. The van der Waals surface area contributed by atoms with Crippen LogP contribution in [0.5, 0.6) is 0 Å². The number of aryl methyl sites for hydroxylation is 1. The van der Waals surface area contributed by atoms with Gasteiger partial charge in [-0.1, -0.05) is 11.8 Å². The van der Waals surface area contributed by atoms with E-state index in [1.165, 1.54) is 0 Å². The number of amides is 2. The van der Waals surface area contributed by atoms with E-state index < -0.39 is 0 Å². The monoisotopic (exact) mass is 340 g/mol. The normalized spacial score (nSPS) is 18.3. The predicted octanol–water partition coefficient (Wildman–Crippen LogP) is 0.513. The number of piperidine rings is 1. The maximum Gasteiger partial charge on any atom is 0.224 e. The van der Waals surface area contributed by atoms with Crippen LogP contribution in [0.4, 0.5) is 0 Å². The molecule has 1 N–H and O–H groups in total. The molecule has 2 rings (SSSR count). The number of rotatable bonds is 8. The molecule has 0 spiro atoms. The largest absolute Gasteiger partial charge is 0.383 e. The van der Waals surface area contributed by atoms with Gasteiger partial charge in [-0.25, -0.2) is 4.98 Å². The number of hydrogen-bond donors (Lipinski definition) is 1. The first-order valence-electron chi connectivity index (χ1n) is 7.76. The lowest BCUT2D eigenvalue weighted by Gasteiger charge is -2.31. The Morgan fingerprint density at radius 3 is 3.09 bits per heavy atom. The van der Waals surface area contributed by atoms with E-state index in [1.807, 2.05) is 17.8 Å². The third-order valence-electron chi connectivity index (χ3n) is 3.85. The molecule has 1 aromatic heterocycles. The number of nitrogens with one attached hydrogen (secondary N) is 1. The number of aromatic nitrogens is 2. The molecule has 7 nitrogen and oxygen atoms in total. The summed E-state index contributed by atoms with van der Waals surface area (Å²) in [6, 6.07) is 0. The standard InChI is InChI=1S/C15H24N4O3S/c1-18-7-5-17-15(18)23-10-6-16-14(21)12-3-4-13(20)19(11-12)8-9-22-2/h5,7,12H,3-4,6,8-11H2,1-2H3,(H,16,21). The number of ether oxygens (including phenoxy) is 1. The maximum absolute atomic E-state index is 12.2. The van der Waals surface area contributed by atoms with Gasteiger partial charge in [-0.05, 0) is 6.42 Å². The van der Waals surface area contributed by atoms with E-state index in [1.54, 1.807) is 30.0 Å². The molecule has 1 saturated heterocycles. The van der Waals surface area contributed by atoms with E-state index in [4.69, 9.17) is 4.74 Å². The summed E-state index contributed by atoms with van der Waals surface area (Å²) in [7, 11) is 3.55. The van der Waals surface area contributed by atoms with Gasteiger partial charge in [0, 0.05) is 58.4 Å². The summed E-state index contributed by atoms with van der Waals surface area (Å²) < 4.78 is 6.96. The van der Waals surface area contributed by atoms with Crippen molar-refractivity contribution < 1.29 is 14.3 Å². The second-order valence-electron chi connectivity index (χ2n) is 5.53. The molecule has 0 aliphatic carbocycles. The van der Waals surface area contributed by atoms with Crippen LogP contribution in [-0.4, -0.2) is 65.4 Å². The van der Waals surface area contributed by atoms with Crippen LogP contribution in [0.25, 0.3) is 0 Å². The lowest BCUT2D eigenvalue weighted by molar-refractivity contribution is -0.138. The van der Waals surface area contributed by atoms with Gasteiger partial charge in [0.1, 0.15) is 0 Å². The van der Waals surface area contributed by atoms with Gasteiger partial charge < -0.3 is 19.5 Å². The zero-order valence-corrected chi connectivity index (χ0v) is 14.5. The van der Waals surface area contributed by atoms with Crippen molar-refractivity contribution in [3.05, 3.63) is 12.4 Å². The number of thioether (sulfide) groups is 1. The molecule has 0 aromatic carbocycles. The van der Waals surface area contributed by atoms with Gasteiger partial charge in [0.25, 0.3) is 0 Å². The molecule has 1 aliphatic heterocycles. The summed E-state index contributed by atoms with van der Waals surface area (Å²) in [6.45, 7) is 2.13. The fraction of sp³-hybridized carbons (Fsp3) is 0.667. The molecule has 23 heavy (non-hydrogen) atoms. The van der Waals surface area contributed by atoms with E-state index in [-0.39, 0.29) is 17.7 Å². The molecule has 128 valence electrons. The molecule has 0 saturated carbocycles. The Morgan fingerprint density at radius 1 is 1.57 bits per heavy atom. The second-order valence-corrected chi connectivity index (χ2v) is 6.59. The van der Waals surface area contributed by atoms with Crippen molar-refractivity contribution in [3.8, 4) is 0 Å². The molecule has 1 aliphatic rings. The average molecular weight is 340 g/mol. The molecule has 2 heterocycles. The molecule has 1 aromatic rings. The summed E-state index contributed by atoms with van der Waals surface area (Å²) in [6.07, 6.45) is 4.72. The maximum atomic E-state index is 12.2. The van der Waals surface area contributed by atoms with Crippen LogP contribution >= 0.6 is 11.8 Å². The highest BCUT2D eigenvalue weighted by Gasteiger charge is 2.29. The van der Waals surface area contributed by atoms with E-state index in [2.05, 4.69) is 10.3 Å². The van der Waals surface area contributed by atoms with E-state index >= 15 is 0 Å². The van der Waals surface area contributed by atoms with Crippen molar-refractivity contribution in [2.24, 2.45) is 13.0 Å². The minimum absolute atomic E-state index is 0.0281. The third kappa shape index (κ3) is 5.24. The van der Waals surface area contributed by atoms with Crippen LogP contribution in [0.1, 0.15) is 12.8 Å². The van der Waals surface area contributed by atoms with Crippen LogP contribution < -0.4 is 5.32 Å². The van der Waals surface area contributed by atoms with Crippen molar-refractivity contribution in [1.82, 2.24) is 19.8 Å². The first-order chi connectivity index (χ1) is 11.1. The number of likely N-dealkylation sites (tertiary alicyclic amines) is 1. The fourth-order valence-corrected chi connectivity index (χ4v) is 3.28. The van der Waals surface area contributed by atoms with Crippen LogP contribution in [0.15, 0.2) is 17.6 Å². The Hall–Kier alpha value is -1.54. The summed E-state index contributed by atoms with van der Waals surface area (Å²) in [5.74, 6) is 0.787. The van der Waals surface area contributed by atoms with E-state index in [0.717, 1.165) is 10.9 Å². The number of carbonyl (C=O) groups is 2. The van der Waals surface area contributed by atoms with Gasteiger partial charge in [-0.2, -0.15) is 0 Å². The quantitative estimate of drug-likeness (QED) is 0.551. The van der Waals surface area contributed by atoms with Gasteiger partial charge in [-0.3, -0.25) is 9.59 Å². The Balaban J connectivity index is 1.70. The Morgan fingerprint density at radius 2 is 2.39 bits per heavy atom. The zero-order chi connectivity index (χ0) is 16.7. The molecule has 2 amide bonds. The van der Waals surface area contributed by atoms with Crippen LogP contribution in [0, 0.1) is 5.92 Å². The lowest BCUT2D eigenvalue weighted by atomic mass is 9.96. The van der Waals surface area contributed by atoms with E-state index in [0.29, 0.717) is 39.1 Å². The number of hydrogen-bond acceptors (Lipinski definition) is 5. The first-order valence-corrected chi connectivity index (χ1v) is 8.75.